The molecule has 0 amide bonds. The minimum Gasteiger partial charge on any atom is -0.393 e. The molecule has 0 aliphatic carbocycles. The van der Waals surface area contributed by atoms with E-state index in [0.29, 0.717) is 6.42 Å². The van der Waals surface area contributed by atoms with Crippen molar-refractivity contribution in [2.45, 2.75) is 51.4 Å². The fourth-order valence-corrected chi connectivity index (χ4v) is 1.03. The van der Waals surface area contributed by atoms with E-state index < -0.39 is 12.3 Å². The fraction of sp³-hybridized carbons (Fsp3) is 1.00. The molecule has 0 bridgehead atoms. The SMILES string of the molecule is CCCCCC(O)CC(N)O. The summed E-state index contributed by atoms with van der Waals surface area (Å²) in [5.74, 6) is 0. The van der Waals surface area contributed by atoms with E-state index in [1.807, 2.05) is 0 Å². The highest BCUT2D eigenvalue weighted by molar-refractivity contribution is 4.58. The van der Waals surface area contributed by atoms with Crippen molar-refractivity contribution < 1.29 is 10.2 Å². The van der Waals surface area contributed by atoms with Gasteiger partial charge in [0.05, 0.1) is 6.10 Å². The van der Waals surface area contributed by atoms with Gasteiger partial charge in [-0.3, -0.25) is 0 Å². The van der Waals surface area contributed by atoms with Crippen LogP contribution in [-0.4, -0.2) is 22.5 Å². The van der Waals surface area contributed by atoms with E-state index in [1.165, 1.54) is 0 Å². The molecule has 0 radical (unpaired) electrons. The third-order valence-electron chi connectivity index (χ3n) is 1.65. The molecule has 0 aromatic carbocycles. The molecular weight excluding hydrogens is 142 g/mol. The number of aliphatic hydroxyl groups is 2. The summed E-state index contributed by atoms with van der Waals surface area (Å²) in [5.41, 5.74) is 5.09. The monoisotopic (exact) mass is 161 g/mol. The largest absolute Gasteiger partial charge is 0.393 e. The van der Waals surface area contributed by atoms with Gasteiger partial charge in [-0.05, 0) is 6.42 Å². The molecule has 68 valence electrons. The topological polar surface area (TPSA) is 66.5 Å². The van der Waals surface area contributed by atoms with Gasteiger partial charge in [0, 0.05) is 6.42 Å². The predicted octanol–water partition coefficient (Wildman–Crippen LogP) is 0.595. The summed E-state index contributed by atoms with van der Waals surface area (Å²) >= 11 is 0. The zero-order valence-electron chi connectivity index (χ0n) is 7.16. The quantitative estimate of drug-likeness (QED) is 0.394. The van der Waals surface area contributed by atoms with Crippen molar-refractivity contribution in [2.75, 3.05) is 0 Å². The summed E-state index contributed by atoms with van der Waals surface area (Å²) in [6.07, 6.45) is 3.06. The van der Waals surface area contributed by atoms with Gasteiger partial charge in [0.25, 0.3) is 0 Å². The summed E-state index contributed by atoms with van der Waals surface area (Å²) in [5, 5.41) is 17.9. The smallest absolute Gasteiger partial charge is 0.104 e. The van der Waals surface area contributed by atoms with Crippen LogP contribution < -0.4 is 5.73 Å². The van der Waals surface area contributed by atoms with Crippen molar-refractivity contribution in [1.82, 2.24) is 0 Å². The van der Waals surface area contributed by atoms with Crippen LogP contribution in [0.15, 0.2) is 0 Å². The maximum Gasteiger partial charge on any atom is 0.104 e. The highest BCUT2D eigenvalue weighted by Gasteiger charge is 2.06. The summed E-state index contributed by atoms with van der Waals surface area (Å²) < 4.78 is 0. The Labute approximate surface area is 68.2 Å². The molecule has 3 nitrogen and oxygen atoms in total. The van der Waals surface area contributed by atoms with Gasteiger partial charge in [0.2, 0.25) is 0 Å². The van der Waals surface area contributed by atoms with E-state index in [2.05, 4.69) is 6.92 Å². The molecule has 0 saturated heterocycles. The minimum absolute atomic E-state index is 0.295. The molecule has 0 aliphatic heterocycles. The van der Waals surface area contributed by atoms with Crippen LogP contribution in [0.4, 0.5) is 0 Å². The minimum atomic E-state index is -0.869. The van der Waals surface area contributed by atoms with Gasteiger partial charge >= 0.3 is 0 Å². The molecule has 0 aliphatic rings. The molecule has 2 unspecified atom stereocenters. The van der Waals surface area contributed by atoms with E-state index >= 15 is 0 Å². The van der Waals surface area contributed by atoms with Crippen molar-refractivity contribution >= 4 is 0 Å². The number of hydrogen-bond donors (Lipinski definition) is 3. The number of unbranched alkanes of at least 4 members (excludes halogenated alkanes) is 2. The highest BCUT2D eigenvalue weighted by atomic mass is 16.3. The lowest BCUT2D eigenvalue weighted by Crippen LogP contribution is -2.25. The molecule has 0 aromatic rings. The summed E-state index contributed by atoms with van der Waals surface area (Å²) in [4.78, 5) is 0. The van der Waals surface area contributed by atoms with Gasteiger partial charge in [-0.25, -0.2) is 0 Å². The molecule has 0 saturated carbocycles. The predicted molar refractivity (Wildman–Crippen MR) is 45.0 cm³/mol. The average Bonchev–Trinajstić information content (AvgIpc) is 1.86. The van der Waals surface area contributed by atoms with Crippen molar-refractivity contribution in [3.05, 3.63) is 0 Å². The van der Waals surface area contributed by atoms with Crippen LogP contribution in [0.2, 0.25) is 0 Å². The maximum atomic E-state index is 9.21. The molecule has 3 heteroatoms. The first-order chi connectivity index (χ1) is 5.16. The van der Waals surface area contributed by atoms with Crippen LogP contribution >= 0.6 is 0 Å². The van der Waals surface area contributed by atoms with Crippen LogP contribution in [0.1, 0.15) is 39.0 Å². The van der Waals surface area contributed by atoms with Crippen molar-refractivity contribution in [1.29, 1.82) is 0 Å². The zero-order valence-corrected chi connectivity index (χ0v) is 7.16. The summed E-state index contributed by atoms with van der Waals surface area (Å²) in [6.45, 7) is 2.12. The molecule has 4 N–H and O–H groups in total. The van der Waals surface area contributed by atoms with E-state index in [0.717, 1.165) is 25.7 Å². The standard InChI is InChI=1S/C8H19NO2/c1-2-3-4-5-7(10)6-8(9)11/h7-8,10-11H,2-6,9H2,1H3. The lowest BCUT2D eigenvalue weighted by atomic mass is 10.1. The first kappa shape index (κ1) is 10.9. The third kappa shape index (κ3) is 7.78. The van der Waals surface area contributed by atoms with Crippen molar-refractivity contribution in [3.8, 4) is 0 Å². The maximum absolute atomic E-state index is 9.21. The second-order valence-corrected chi connectivity index (χ2v) is 2.95. The second-order valence-electron chi connectivity index (χ2n) is 2.95. The molecule has 2 atom stereocenters. The van der Waals surface area contributed by atoms with Crippen LogP contribution in [0.5, 0.6) is 0 Å². The lowest BCUT2D eigenvalue weighted by Gasteiger charge is -2.11. The van der Waals surface area contributed by atoms with Gasteiger partial charge in [-0.15, -0.1) is 0 Å². The Morgan fingerprint density at radius 1 is 1.27 bits per heavy atom. The molecule has 0 rings (SSSR count). The Bertz CT molecular complexity index is 86.2. The molecule has 0 spiro atoms. The van der Waals surface area contributed by atoms with E-state index in [1.54, 1.807) is 0 Å². The van der Waals surface area contributed by atoms with Crippen LogP contribution in [-0.2, 0) is 0 Å². The lowest BCUT2D eigenvalue weighted by molar-refractivity contribution is 0.0776. The first-order valence-electron chi connectivity index (χ1n) is 4.28. The van der Waals surface area contributed by atoms with Gasteiger partial charge in [-0.1, -0.05) is 26.2 Å². The Kier molecular flexibility index (Phi) is 6.51. The Morgan fingerprint density at radius 2 is 1.91 bits per heavy atom. The second kappa shape index (κ2) is 6.58. The Hall–Kier alpha value is -0.120. The Morgan fingerprint density at radius 3 is 2.36 bits per heavy atom. The van der Waals surface area contributed by atoms with Crippen molar-refractivity contribution in [3.63, 3.8) is 0 Å². The van der Waals surface area contributed by atoms with Crippen LogP contribution in [0.3, 0.4) is 0 Å². The van der Waals surface area contributed by atoms with Gasteiger partial charge in [-0.2, -0.15) is 0 Å². The first-order valence-corrected chi connectivity index (χ1v) is 4.28. The molecule has 0 heterocycles. The third-order valence-corrected chi connectivity index (χ3v) is 1.65. The number of nitrogens with two attached hydrogens (primary N) is 1. The number of aliphatic hydroxyl groups excluding tert-OH is 2. The molecule has 0 fully saturated rings. The molecule has 0 aromatic heterocycles. The van der Waals surface area contributed by atoms with Gasteiger partial charge < -0.3 is 15.9 Å². The molecular formula is C8H19NO2. The average molecular weight is 161 g/mol. The van der Waals surface area contributed by atoms with E-state index in [9.17, 15) is 5.11 Å². The number of rotatable bonds is 6. The molecule has 11 heavy (non-hydrogen) atoms. The van der Waals surface area contributed by atoms with Gasteiger partial charge in [0.1, 0.15) is 6.23 Å². The normalized spacial score (nSPS) is 16.4. The number of hydrogen-bond acceptors (Lipinski definition) is 3. The fourth-order valence-electron chi connectivity index (χ4n) is 1.03. The summed E-state index contributed by atoms with van der Waals surface area (Å²) in [7, 11) is 0. The van der Waals surface area contributed by atoms with E-state index in [4.69, 9.17) is 10.8 Å². The van der Waals surface area contributed by atoms with E-state index in [-0.39, 0.29) is 0 Å². The van der Waals surface area contributed by atoms with Crippen LogP contribution in [0.25, 0.3) is 0 Å². The van der Waals surface area contributed by atoms with Crippen molar-refractivity contribution in [2.24, 2.45) is 5.73 Å². The Balaban J connectivity index is 3.15. The van der Waals surface area contributed by atoms with Gasteiger partial charge in [0.15, 0.2) is 0 Å². The zero-order chi connectivity index (χ0) is 8.69. The highest BCUT2D eigenvalue weighted by Crippen LogP contribution is 2.06. The van der Waals surface area contributed by atoms with Crippen LogP contribution in [0, 0.1) is 0 Å². The summed E-state index contributed by atoms with van der Waals surface area (Å²) in [6, 6.07) is 0.